The van der Waals surface area contributed by atoms with Crippen molar-refractivity contribution in [2.75, 3.05) is 0 Å². The summed E-state index contributed by atoms with van der Waals surface area (Å²) in [7, 11) is 0. The standard InChI is InChI=1S/C12H17NO/c1-10(2)8-11(5-7-14)12-4-3-6-13-9-12/h3-4,6-7,9-11H,5,8H2,1-2H3. The second kappa shape index (κ2) is 5.53. The minimum absolute atomic E-state index is 0.334. The average Bonchev–Trinajstić information content (AvgIpc) is 2.18. The molecule has 0 aliphatic rings. The lowest BCUT2D eigenvalue weighted by Crippen LogP contribution is -2.04. The van der Waals surface area contributed by atoms with Gasteiger partial charge in [-0.1, -0.05) is 19.9 Å². The Morgan fingerprint density at radius 1 is 1.50 bits per heavy atom. The molecule has 0 spiro atoms. The van der Waals surface area contributed by atoms with E-state index in [1.807, 2.05) is 18.3 Å². The molecular weight excluding hydrogens is 174 g/mol. The fourth-order valence-corrected chi connectivity index (χ4v) is 1.67. The molecule has 76 valence electrons. The third-order valence-electron chi connectivity index (χ3n) is 2.29. The number of hydrogen-bond donors (Lipinski definition) is 0. The predicted octanol–water partition coefficient (Wildman–Crippen LogP) is 2.80. The highest BCUT2D eigenvalue weighted by atomic mass is 16.1. The van der Waals surface area contributed by atoms with Crippen molar-refractivity contribution in [2.45, 2.75) is 32.6 Å². The van der Waals surface area contributed by atoms with Crippen molar-refractivity contribution in [3.8, 4) is 0 Å². The highest BCUT2D eigenvalue weighted by Crippen LogP contribution is 2.25. The van der Waals surface area contributed by atoms with Crippen LogP contribution in [0, 0.1) is 5.92 Å². The molecule has 0 aliphatic heterocycles. The first-order valence-electron chi connectivity index (χ1n) is 5.07. The van der Waals surface area contributed by atoms with Crippen molar-refractivity contribution < 1.29 is 4.79 Å². The first kappa shape index (κ1) is 10.9. The number of aldehydes is 1. The van der Waals surface area contributed by atoms with Crippen LogP contribution in [0.5, 0.6) is 0 Å². The molecule has 1 aromatic heterocycles. The van der Waals surface area contributed by atoms with Crippen LogP contribution in [0.3, 0.4) is 0 Å². The van der Waals surface area contributed by atoms with E-state index in [4.69, 9.17) is 0 Å². The van der Waals surface area contributed by atoms with Crippen LogP contribution in [0.2, 0.25) is 0 Å². The molecule has 0 aromatic carbocycles. The Bertz CT molecular complexity index is 269. The number of hydrogen-bond acceptors (Lipinski definition) is 2. The van der Waals surface area contributed by atoms with Gasteiger partial charge in [-0.05, 0) is 29.9 Å². The molecule has 0 aliphatic carbocycles. The molecule has 1 unspecified atom stereocenters. The van der Waals surface area contributed by atoms with Gasteiger partial charge in [0.05, 0.1) is 0 Å². The highest BCUT2D eigenvalue weighted by molar-refractivity contribution is 5.51. The van der Waals surface area contributed by atoms with Gasteiger partial charge in [0.15, 0.2) is 0 Å². The fraction of sp³-hybridized carbons (Fsp3) is 0.500. The van der Waals surface area contributed by atoms with Gasteiger partial charge in [0, 0.05) is 18.8 Å². The van der Waals surface area contributed by atoms with E-state index in [1.165, 1.54) is 5.56 Å². The molecule has 0 saturated carbocycles. The summed E-state index contributed by atoms with van der Waals surface area (Å²) in [6, 6.07) is 3.97. The van der Waals surface area contributed by atoms with Crippen LogP contribution in [-0.2, 0) is 4.79 Å². The zero-order valence-corrected chi connectivity index (χ0v) is 8.81. The number of rotatable bonds is 5. The van der Waals surface area contributed by atoms with Crippen LogP contribution >= 0.6 is 0 Å². The third-order valence-corrected chi connectivity index (χ3v) is 2.29. The van der Waals surface area contributed by atoms with Crippen LogP contribution in [0.25, 0.3) is 0 Å². The van der Waals surface area contributed by atoms with Crippen molar-refractivity contribution in [3.05, 3.63) is 30.1 Å². The zero-order valence-electron chi connectivity index (χ0n) is 8.81. The molecule has 1 aromatic rings. The van der Waals surface area contributed by atoms with E-state index >= 15 is 0 Å². The van der Waals surface area contributed by atoms with Gasteiger partial charge >= 0.3 is 0 Å². The van der Waals surface area contributed by atoms with E-state index < -0.39 is 0 Å². The third kappa shape index (κ3) is 3.29. The summed E-state index contributed by atoms with van der Waals surface area (Å²) in [4.78, 5) is 14.6. The summed E-state index contributed by atoms with van der Waals surface area (Å²) in [5, 5.41) is 0. The number of aromatic nitrogens is 1. The Kier molecular flexibility index (Phi) is 4.30. The van der Waals surface area contributed by atoms with Crippen LogP contribution < -0.4 is 0 Å². The molecule has 0 fully saturated rings. The minimum Gasteiger partial charge on any atom is -0.303 e. The van der Waals surface area contributed by atoms with Gasteiger partial charge in [0.2, 0.25) is 0 Å². The first-order chi connectivity index (χ1) is 6.74. The topological polar surface area (TPSA) is 30.0 Å². The SMILES string of the molecule is CC(C)CC(CC=O)c1cccnc1. The van der Waals surface area contributed by atoms with Crippen LogP contribution in [-0.4, -0.2) is 11.3 Å². The number of carbonyl (C=O) groups is 1. The molecule has 2 nitrogen and oxygen atoms in total. The highest BCUT2D eigenvalue weighted by Gasteiger charge is 2.12. The lowest BCUT2D eigenvalue weighted by atomic mass is 9.89. The van der Waals surface area contributed by atoms with Crippen molar-refractivity contribution >= 4 is 6.29 Å². The van der Waals surface area contributed by atoms with E-state index in [0.29, 0.717) is 18.3 Å². The normalized spacial score (nSPS) is 12.8. The molecule has 1 heterocycles. The average molecular weight is 191 g/mol. The second-order valence-electron chi connectivity index (χ2n) is 4.02. The summed E-state index contributed by atoms with van der Waals surface area (Å²) < 4.78 is 0. The maximum Gasteiger partial charge on any atom is 0.120 e. The molecule has 1 rings (SSSR count). The lowest BCUT2D eigenvalue weighted by Gasteiger charge is -2.16. The van der Waals surface area contributed by atoms with Crippen molar-refractivity contribution in [1.29, 1.82) is 0 Å². The summed E-state index contributed by atoms with van der Waals surface area (Å²) in [5.74, 6) is 0.946. The molecular formula is C12H17NO. The molecule has 14 heavy (non-hydrogen) atoms. The molecule has 0 saturated heterocycles. The van der Waals surface area contributed by atoms with Gasteiger partial charge in [0.1, 0.15) is 6.29 Å². The van der Waals surface area contributed by atoms with Crippen LogP contribution in [0.1, 0.15) is 38.2 Å². The lowest BCUT2D eigenvalue weighted by molar-refractivity contribution is -0.108. The summed E-state index contributed by atoms with van der Waals surface area (Å²) in [5.41, 5.74) is 1.17. The van der Waals surface area contributed by atoms with E-state index in [0.717, 1.165) is 12.7 Å². The quantitative estimate of drug-likeness (QED) is 0.670. The molecule has 0 bridgehead atoms. The van der Waals surface area contributed by atoms with Gasteiger partial charge in [-0.25, -0.2) is 0 Å². The number of carbonyl (C=O) groups excluding carboxylic acids is 1. The van der Waals surface area contributed by atoms with Gasteiger partial charge in [0.25, 0.3) is 0 Å². The molecule has 0 radical (unpaired) electrons. The van der Waals surface area contributed by atoms with E-state index in [1.54, 1.807) is 6.20 Å². The molecule has 1 atom stereocenters. The van der Waals surface area contributed by atoms with Crippen molar-refractivity contribution in [3.63, 3.8) is 0 Å². The van der Waals surface area contributed by atoms with Crippen LogP contribution in [0.15, 0.2) is 24.5 Å². The predicted molar refractivity (Wildman–Crippen MR) is 57.1 cm³/mol. The van der Waals surface area contributed by atoms with Gasteiger partial charge < -0.3 is 4.79 Å². The number of pyridine rings is 1. The Hall–Kier alpha value is -1.18. The Morgan fingerprint density at radius 3 is 2.79 bits per heavy atom. The monoisotopic (exact) mass is 191 g/mol. The van der Waals surface area contributed by atoms with Crippen LogP contribution in [0.4, 0.5) is 0 Å². The smallest absolute Gasteiger partial charge is 0.120 e. The summed E-state index contributed by atoms with van der Waals surface area (Å²) >= 11 is 0. The van der Waals surface area contributed by atoms with Gasteiger partial charge in [-0.2, -0.15) is 0 Å². The zero-order chi connectivity index (χ0) is 10.4. The summed E-state index contributed by atoms with van der Waals surface area (Å²) in [6.45, 7) is 4.35. The second-order valence-corrected chi connectivity index (χ2v) is 4.02. The number of nitrogens with zero attached hydrogens (tertiary/aromatic N) is 1. The first-order valence-corrected chi connectivity index (χ1v) is 5.07. The van der Waals surface area contributed by atoms with E-state index in [2.05, 4.69) is 18.8 Å². The van der Waals surface area contributed by atoms with Crippen molar-refractivity contribution in [1.82, 2.24) is 4.98 Å². The molecule has 0 N–H and O–H groups in total. The Balaban J connectivity index is 2.72. The molecule has 0 amide bonds. The fourth-order valence-electron chi connectivity index (χ4n) is 1.67. The van der Waals surface area contributed by atoms with Crippen molar-refractivity contribution in [2.24, 2.45) is 5.92 Å². The summed E-state index contributed by atoms with van der Waals surface area (Å²) in [6.07, 6.45) is 6.27. The maximum atomic E-state index is 10.5. The molecule has 2 heteroatoms. The largest absolute Gasteiger partial charge is 0.303 e. The van der Waals surface area contributed by atoms with Gasteiger partial charge in [-0.3, -0.25) is 4.98 Å². The maximum absolute atomic E-state index is 10.5. The van der Waals surface area contributed by atoms with Gasteiger partial charge in [-0.15, -0.1) is 0 Å². The Labute approximate surface area is 85.4 Å². The van der Waals surface area contributed by atoms with E-state index in [9.17, 15) is 4.79 Å². The van der Waals surface area contributed by atoms with E-state index in [-0.39, 0.29) is 0 Å². The minimum atomic E-state index is 0.334. The Morgan fingerprint density at radius 2 is 2.29 bits per heavy atom.